The van der Waals surface area contributed by atoms with Crippen LogP contribution >= 0.6 is 0 Å². The van der Waals surface area contributed by atoms with Crippen LogP contribution in [0.25, 0.3) is 0 Å². The minimum absolute atomic E-state index is 0.263. The molecule has 0 saturated heterocycles. The third-order valence-corrected chi connectivity index (χ3v) is 6.38. The Morgan fingerprint density at radius 2 is 1.69 bits per heavy atom. The van der Waals surface area contributed by atoms with Gasteiger partial charge in [-0.25, -0.2) is 0 Å². The summed E-state index contributed by atoms with van der Waals surface area (Å²) >= 11 is 0. The monoisotopic (exact) mass is 405 g/mol. The second-order valence-corrected chi connectivity index (χ2v) is 8.43. The lowest BCUT2D eigenvalue weighted by atomic mass is 9.62. The first-order valence-electron chi connectivity index (χ1n) is 10.3. The van der Waals surface area contributed by atoms with E-state index in [0.29, 0.717) is 12.8 Å². The molecule has 158 valence electrons. The summed E-state index contributed by atoms with van der Waals surface area (Å²) in [7, 11) is 3.65. The Balaban J connectivity index is 2.07. The number of hydrogen-bond acceptors (Lipinski definition) is 2. The number of aliphatic hydroxyl groups excluding tert-OH is 1. The van der Waals surface area contributed by atoms with Crippen LogP contribution in [0.2, 0.25) is 0 Å². The van der Waals surface area contributed by atoms with Gasteiger partial charge in [-0.2, -0.15) is 13.2 Å². The first-order chi connectivity index (χ1) is 13.8. The summed E-state index contributed by atoms with van der Waals surface area (Å²) in [5.74, 6) is 0. The summed E-state index contributed by atoms with van der Waals surface area (Å²) in [4.78, 5) is 1.87. The second kappa shape index (κ2) is 8.88. The molecular weight excluding hydrogens is 375 g/mol. The van der Waals surface area contributed by atoms with E-state index in [1.807, 2.05) is 49.3 Å². The number of hydrogen-bond donors (Lipinski definition) is 1. The van der Waals surface area contributed by atoms with Gasteiger partial charge in [0.05, 0.1) is 11.7 Å². The topological polar surface area (TPSA) is 23.5 Å². The number of benzene rings is 2. The van der Waals surface area contributed by atoms with Gasteiger partial charge >= 0.3 is 6.18 Å². The molecule has 1 N–H and O–H groups in total. The minimum Gasteiger partial charge on any atom is -0.392 e. The number of aryl methyl sites for hydroxylation is 1. The average molecular weight is 406 g/mol. The normalized spacial score (nSPS) is 23.9. The van der Waals surface area contributed by atoms with Crippen molar-refractivity contribution in [2.45, 2.75) is 56.8 Å². The molecule has 0 heterocycles. The van der Waals surface area contributed by atoms with Crippen molar-refractivity contribution in [3.63, 3.8) is 0 Å². The van der Waals surface area contributed by atoms with E-state index in [0.717, 1.165) is 37.3 Å². The van der Waals surface area contributed by atoms with Gasteiger partial charge in [0, 0.05) is 11.5 Å². The van der Waals surface area contributed by atoms with E-state index in [9.17, 15) is 18.3 Å². The van der Waals surface area contributed by atoms with Crippen molar-refractivity contribution < 1.29 is 18.3 Å². The molecule has 1 saturated carbocycles. The van der Waals surface area contributed by atoms with E-state index in [4.69, 9.17) is 0 Å². The molecule has 0 spiro atoms. The van der Waals surface area contributed by atoms with Gasteiger partial charge in [-0.05, 0) is 57.0 Å². The predicted octanol–water partition coefficient (Wildman–Crippen LogP) is 5.86. The van der Waals surface area contributed by atoms with E-state index in [-0.39, 0.29) is 5.56 Å². The van der Waals surface area contributed by atoms with Crippen LogP contribution in [-0.2, 0) is 12.6 Å². The molecule has 2 aromatic rings. The Morgan fingerprint density at radius 3 is 2.31 bits per heavy atom. The van der Waals surface area contributed by atoms with E-state index >= 15 is 0 Å². The molecule has 2 aromatic carbocycles. The first kappa shape index (κ1) is 21.8. The van der Waals surface area contributed by atoms with Gasteiger partial charge in [-0.1, -0.05) is 61.4 Å². The fourth-order valence-corrected chi connectivity index (χ4v) is 5.11. The van der Waals surface area contributed by atoms with Crippen molar-refractivity contribution in [3.8, 4) is 0 Å². The molecule has 0 bridgehead atoms. The fourth-order valence-electron chi connectivity index (χ4n) is 5.11. The first-order valence-corrected chi connectivity index (χ1v) is 10.3. The SMILES string of the molecule is CN(C)C(c1ccccc1C(F)(F)F)C1(CCc2ccccc2)CCCCC1O. The Kier molecular flexibility index (Phi) is 6.69. The van der Waals surface area contributed by atoms with Crippen molar-refractivity contribution in [1.29, 1.82) is 0 Å². The van der Waals surface area contributed by atoms with Crippen LogP contribution in [-0.4, -0.2) is 30.2 Å². The van der Waals surface area contributed by atoms with Crippen LogP contribution in [0.15, 0.2) is 54.6 Å². The maximum absolute atomic E-state index is 13.8. The third kappa shape index (κ3) is 4.67. The molecule has 2 nitrogen and oxygen atoms in total. The molecule has 0 amide bonds. The van der Waals surface area contributed by atoms with Crippen molar-refractivity contribution in [3.05, 3.63) is 71.3 Å². The van der Waals surface area contributed by atoms with Crippen molar-refractivity contribution >= 4 is 0 Å². The van der Waals surface area contributed by atoms with Crippen LogP contribution in [0.3, 0.4) is 0 Å². The molecule has 0 aliphatic heterocycles. The molecule has 29 heavy (non-hydrogen) atoms. The number of rotatable bonds is 6. The maximum Gasteiger partial charge on any atom is 0.416 e. The van der Waals surface area contributed by atoms with Crippen LogP contribution < -0.4 is 0 Å². The summed E-state index contributed by atoms with van der Waals surface area (Å²) in [6, 6.07) is 15.3. The lowest BCUT2D eigenvalue weighted by molar-refractivity contribution is -0.140. The standard InChI is InChI=1S/C24H30F3NO/c1-28(2)22(19-12-6-7-13-20(19)24(25,26)27)23(16-9-8-14-21(23)29)17-15-18-10-4-3-5-11-18/h3-7,10-13,21-22,29H,8-9,14-17H2,1-2H3. The second-order valence-electron chi connectivity index (χ2n) is 8.43. The van der Waals surface area contributed by atoms with Gasteiger partial charge in [0.2, 0.25) is 0 Å². The Morgan fingerprint density at radius 1 is 1.03 bits per heavy atom. The highest BCUT2D eigenvalue weighted by Gasteiger charge is 2.49. The van der Waals surface area contributed by atoms with Crippen molar-refractivity contribution in [2.75, 3.05) is 14.1 Å². The van der Waals surface area contributed by atoms with Gasteiger partial charge in [0.25, 0.3) is 0 Å². The summed E-state index contributed by atoms with van der Waals surface area (Å²) < 4.78 is 41.5. The van der Waals surface area contributed by atoms with Gasteiger partial charge < -0.3 is 10.0 Å². The molecule has 1 aliphatic rings. The Bertz CT molecular complexity index is 790. The predicted molar refractivity (Wildman–Crippen MR) is 110 cm³/mol. The number of alkyl halides is 3. The zero-order valence-electron chi connectivity index (χ0n) is 17.1. The maximum atomic E-state index is 13.8. The lowest BCUT2D eigenvalue weighted by Crippen LogP contribution is -2.48. The third-order valence-electron chi connectivity index (χ3n) is 6.38. The van der Waals surface area contributed by atoms with Crippen molar-refractivity contribution in [1.82, 2.24) is 4.90 Å². The molecule has 0 radical (unpaired) electrons. The van der Waals surface area contributed by atoms with E-state index < -0.39 is 29.3 Å². The molecule has 0 aromatic heterocycles. The smallest absolute Gasteiger partial charge is 0.392 e. The molecule has 1 aliphatic carbocycles. The van der Waals surface area contributed by atoms with Gasteiger partial charge in [0.15, 0.2) is 0 Å². The Hall–Kier alpha value is -1.85. The van der Waals surface area contributed by atoms with Crippen LogP contribution in [0.4, 0.5) is 13.2 Å². The van der Waals surface area contributed by atoms with Gasteiger partial charge in [-0.15, -0.1) is 0 Å². The average Bonchev–Trinajstić information content (AvgIpc) is 2.69. The molecule has 3 rings (SSSR count). The van der Waals surface area contributed by atoms with Crippen LogP contribution in [0.1, 0.15) is 54.8 Å². The fraction of sp³-hybridized carbons (Fsp3) is 0.500. The summed E-state index contributed by atoms with van der Waals surface area (Å²) in [5, 5.41) is 11.2. The van der Waals surface area contributed by atoms with Gasteiger partial charge in [0.1, 0.15) is 0 Å². The molecule has 3 atom stereocenters. The Labute approximate surface area is 171 Å². The van der Waals surface area contributed by atoms with Gasteiger partial charge in [-0.3, -0.25) is 0 Å². The highest BCUT2D eigenvalue weighted by atomic mass is 19.4. The summed E-state index contributed by atoms with van der Waals surface area (Å²) in [6.07, 6.45) is -0.494. The van der Waals surface area contributed by atoms with E-state index in [1.54, 1.807) is 12.1 Å². The molecular formula is C24H30F3NO. The highest BCUT2D eigenvalue weighted by Crippen LogP contribution is 2.53. The molecule has 1 fully saturated rings. The molecule has 5 heteroatoms. The zero-order valence-corrected chi connectivity index (χ0v) is 17.1. The largest absolute Gasteiger partial charge is 0.416 e. The van der Waals surface area contributed by atoms with Crippen LogP contribution in [0, 0.1) is 5.41 Å². The van der Waals surface area contributed by atoms with Crippen molar-refractivity contribution in [2.24, 2.45) is 5.41 Å². The minimum atomic E-state index is -4.43. The summed E-state index contributed by atoms with van der Waals surface area (Å²) in [5.41, 5.74) is 0.180. The zero-order chi connectivity index (χ0) is 21.1. The highest BCUT2D eigenvalue weighted by molar-refractivity contribution is 5.34. The number of aliphatic hydroxyl groups is 1. The van der Waals surface area contributed by atoms with E-state index in [1.165, 1.54) is 6.07 Å². The number of nitrogens with zero attached hydrogens (tertiary/aromatic N) is 1. The molecule has 3 unspecified atom stereocenters. The quantitative estimate of drug-likeness (QED) is 0.650. The summed E-state index contributed by atoms with van der Waals surface area (Å²) in [6.45, 7) is 0. The lowest BCUT2D eigenvalue weighted by Gasteiger charge is -2.50. The van der Waals surface area contributed by atoms with Crippen LogP contribution in [0.5, 0.6) is 0 Å². The number of halogens is 3. The van der Waals surface area contributed by atoms with E-state index in [2.05, 4.69) is 0 Å².